The lowest BCUT2D eigenvalue weighted by Crippen LogP contribution is -2.35. The van der Waals surface area contributed by atoms with Gasteiger partial charge in [-0.15, -0.1) is 0 Å². The van der Waals surface area contributed by atoms with Crippen LogP contribution in [-0.4, -0.2) is 51.8 Å². The number of fused-ring (bicyclic) bond motifs is 1. The van der Waals surface area contributed by atoms with Gasteiger partial charge in [0.05, 0.1) is 12.2 Å². The number of aryl methyl sites for hydroxylation is 1. The normalized spacial score (nSPS) is 15.7. The smallest absolute Gasteiger partial charge is 0.283 e. The number of ether oxygens (including phenoxy) is 3. The van der Waals surface area contributed by atoms with Gasteiger partial charge < -0.3 is 14.2 Å². The summed E-state index contributed by atoms with van der Waals surface area (Å²) >= 11 is 1.23. The van der Waals surface area contributed by atoms with Gasteiger partial charge in [-0.05, 0) is 73.1 Å². The molecule has 0 radical (unpaired) electrons. The van der Waals surface area contributed by atoms with Gasteiger partial charge in [0.25, 0.3) is 5.91 Å². The van der Waals surface area contributed by atoms with Crippen LogP contribution in [0.4, 0.5) is 0 Å². The Morgan fingerprint density at radius 2 is 1.82 bits per heavy atom. The summed E-state index contributed by atoms with van der Waals surface area (Å²) in [5, 5.41) is 15.5. The number of amidine groups is 2. The van der Waals surface area contributed by atoms with Crippen LogP contribution in [0.5, 0.6) is 17.2 Å². The molecule has 3 heterocycles. The number of aromatic nitrogens is 1. The highest BCUT2D eigenvalue weighted by Crippen LogP contribution is 2.33. The predicted molar refractivity (Wildman–Crippen MR) is 148 cm³/mol. The van der Waals surface area contributed by atoms with Crippen LogP contribution < -0.4 is 14.2 Å². The number of aliphatic imine (C=N–C) groups is 1. The summed E-state index contributed by atoms with van der Waals surface area (Å²) in [7, 11) is 0. The molecule has 5 rings (SSSR count). The van der Waals surface area contributed by atoms with Crippen molar-refractivity contribution in [3.05, 3.63) is 89.3 Å². The lowest BCUT2D eigenvalue weighted by molar-refractivity contribution is -0.114. The fourth-order valence-electron chi connectivity index (χ4n) is 3.79. The van der Waals surface area contributed by atoms with Crippen LogP contribution in [0.3, 0.4) is 0 Å². The minimum atomic E-state index is -0.497. The van der Waals surface area contributed by atoms with E-state index in [1.807, 2.05) is 44.2 Å². The minimum absolute atomic E-state index is 0.0435. The third kappa shape index (κ3) is 5.45. The first-order chi connectivity index (χ1) is 18.5. The van der Waals surface area contributed by atoms with Crippen LogP contribution in [-0.2, 0) is 4.79 Å². The Kier molecular flexibility index (Phi) is 7.50. The summed E-state index contributed by atoms with van der Waals surface area (Å²) in [6.07, 6.45) is 4.97. The number of nitrogens with zero attached hydrogens (tertiary/aromatic N) is 4. The maximum atomic E-state index is 12.8. The van der Waals surface area contributed by atoms with E-state index in [0.717, 1.165) is 16.9 Å². The maximum Gasteiger partial charge on any atom is 0.283 e. The molecule has 38 heavy (non-hydrogen) atoms. The van der Waals surface area contributed by atoms with Gasteiger partial charge in [0.2, 0.25) is 5.17 Å². The Morgan fingerprint density at radius 1 is 1.00 bits per heavy atom. The predicted octanol–water partition coefficient (Wildman–Crippen LogP) is 4.91. The SMILES string of the molecule is CCOc1cc(C=C2C(=N)N3N=C(c4cccnc4)SC3=NC2=O)ccc1OCCOc1ccccc1C. The first kappa shape index (κ1) is 25.2. The van der Waals surface area contributed by atoms with Crippen molar-refractivity contribution < 1.29 is 19.0 Å². The number of nitrogens with one attached hydrogen (secondary N) is 1. The number of amides is 1. The van der Waals surface area contributed by atoms with Crippen molar-refractivity contribution in [2.24, 2.45) is 10.1 Å². The molecule has 3 aromatic rings. The van der Waals surface area contributed by atoms with Crippen molar-refractivity contribution >= 4 is 39.8 Å². The average molecular weight is 528 g/mol. The second kappa shape index (κ2) is 11.3. The van der Waals surface area contributed by atoms with E-state index in [2.05, 4.69) is 15.1 Å². The van der Waals surface area contributed by atoms with E-state index in [9.17, 15) is 4.79 Å². The molecule has 2 aromatic carbocycles. The van der Waals surface area contributed by atoms with Crippen LogP contribution in [0.15, 0.2) is 82.7 Å². The Hall–Kier alpha value is -4.44. The van der Waals surface area contributed by atoms with Gasteiger partial charge in [0.15, 0.2) is 17.3 Å². The number of rotatable bonds is 9. The highest BCUT2D eigenvalue weighted by atomic mass is 32.2. The second-order valence-corrected chi connectivity index (χ2v) is 9.22. The molecule has 0 spiro atoms. The zero-order chi connectivity index (χ0) is 26.5. The van der Waals surface area contributed by atoms with Crippen LogP contribution in [0.1, 0.15) is 23.6 Å². The van der Waals surface area contributed by atoms with Crippen molar-refractivity contribution in [1.29, 1.82) is 5.41 Å². The minimum Gasteiger partial charge on any atom is -0.490 e. The summed E-state index contributed by atoms with van der Waals surface area (Å²) in [6, 6.07) is 16.8. The van der Waals surface area contributed by atoms with Crippen molar-refractivity contribution in [3.8, 4) is 17.2 Å². The van der Waals surface area contributed by atoms with E-state index in [1.165, 1.54) is 16.8 Å². The number of para-hydroxylation sites is 1. The molecule has 1 N–H and O–H groups in total. The number of hydrazone groups is 1. The Bertz CT molecular complexity index is 1470. The topological polar surface area (TPSA) is 109 Å². The van der Waals surface area contributed by atoms with Crippen molar-refractivity contribution in [2.75, 3.05) is 19.8 Å². The largest absolute Gasteiger partial charge is 0.490 e. The third-order valence-corrected chi connectivity index (χ3v) is 6.59. The third-order valence-electron chi connectivity index (χ3n) is 5.63. The van der Waals surface area contributed by atoms with Crippen molar-refractivity contribution in [3.63, 3.8) is 0 Å². The number of thioether (sulfide) groups is 1. The van der Waals surface area contributed by atoms with Crippen molar-refractivity contribution in [1.82, 2.24) is 9.99 Å². The molecule has 1 aromatic heterocycles. The van der Waals surface area contributed by atoms with Gasteiger partial charge in [-0.1, -0.05) is 24.3 Å². The molecule has 9 nitrogen and oxygen atoms in total. The molecule has 0 saturated carbocycles. The second-order valence-electron chi connectivity index (χ2n) is 8.27. The van der Waals surface area contributed by atoms with E-state index in [0.29, 0.717) is 47.1 Å². The lowest BCUT2D eigenvalue weighted by atomic mass is 10.1. The number of carbonyl (C=O) groups is 1. The van der Waals surface area contributed by atoms with Crippen LogP contribution in [0.25, 0.3) is 6.08 Å². The van der Waals surface area contributed by atoms with Gasteiger partial charge in [-0.2, -0.15) is 15.1 Å². The number of hydrogen-bond donors (Lipinski definition) is 1. The molecule has 10 heteroatoms. The molecule has 0 aliphatic carbocycles. The summed E-state index contributed by atoms with van der Waals surface area (Å²) in [5.41, 5.74) is 2.66. The van der Waals surface area contributed by atoms with E-state index >= 15 is 0 Å². The molecule has 192 valence electrons. The van der Waals surface area contributed by atoms with Gasteiger partial charge in [0.1, 0.15) is 24.0 Å². The maximum absolute atomic E-state index is 12.8. The van der Waals surface area contributed by atoms with Crippen molar-refractivity contribution in [2.45, 2.75) is 13.8 Å². The van der Waals surface area contributed by atoms with E-state index in [-0.39, 0.29) is 11.4 Å². The number of hydrogen-bond acceptors (Lipinski definition) is 8. The molecule has 0 fully saturated rings. The Labute approximate surface area is 224 Å². The molecular weight excluding hydrogens is 502 g/mol. The van der Waals surface area contributed by atoms with Gasteiger partial charge in [0, 0.05) is 18.0 Å². The van der Waals surface area contributed by atoms with E-state index in [1.54, 1.807) is 42.7 Å². The average Bonchev–Trinajstić information content (AvgIpc) is 3.36. The zero-order valence-electron chi connectivity index (χ0n) is 20.9. The fourth-order valence-corrected chi connectivity index (χ4v) is 4.67. The molecular formula is C28H25N5O4S. The van der Waals surface area contributed by atoms with Gasteiger partial charge >= 0.3 is 0 Å². The molecule has 0 saturated heterocycles. The zero-order valence-corrected chi connectivity index (χ0v) is 21.7. The number of carbonyl (C=O) groups excluding carboxylic acids is 1. The van der Waals surface area contributed by atoms with Crippen LogP contribution in [0, 0.1) is 12.3 Å². The lowest BCUT2D eigenvalue weighted by Gasteiger charge is -2.20. The number of benzene rings is 2. The number of pyridine rings is 1. The summed E-state index contributed by atoms with van der Waals surface area (Å²) in [4.78, 5) is 21.1. The fraction of sp³-hybridized carbons (Fsp3) is 0.179. The molecule has 0 bridgehead atoms. The molecule has 0 atom stereocenters. The Balaban J connectivity index is 1.31. The summed E-state index contributed by atoms with van der Waals surface area (Å²) < 4.78 is 17.5. The monoisotopic (exact) mass is 527 g/mol. The van der Waals surface area contributed by atoms with E-state index < -0.39 is 5.91 Å². The molecule has 2 aliphatic rings. The van der Waals surface area contributed by atoms with Crippen LogP contribution in [0.2, 0.25) is 0 Å². The van der Waals surface area contributed by atoms with Crippen LogP contribution >= 0.6 is 11.8 Å². The molecule has 1 amide bonds. The van der Waals surface area contributed by atoms with Gasteiger partial charge in [-0.3, -0.25) is 15.2 Å². The highest BCUT2D eigenvalue weighted by molar-refractivity contribution is 8.27. The molecule has 0 unspecified atom stereocenters. The quantitative estimate of drug-likeness (QED) is 0.311. The first-order valence-electron chi connectivity index (χ1n) is 12.0. The Morgan fingerprint density at radius 3 is 2.58 bits per heavy atom. The van der Waals surface area contributed by atoms with Gasteiger partial charge in [-0.25, -0.2) is 0 Å². The highest BCUT2D eigenvalue weighted by Gasteiger charge is 2.36. The standard InChI is InChI=1S/C28H25N5O4S/c1-3-35-24-16-19(10-11-23(24)37-14-13-36-22-9-5-4-7-18(22)2)15-21-25(29)33-28(31-26(21)34)38-27(32-33)20-8-6-12-30-17-20/h4-12,15-17,29H,3,13-14H2,1-2H3. The first-order valence-corrected chi connectivity index (χ1v) is 12.8. The van der Waals surface area contributed by atoms with E-state index in [4.69, 9.17) is 19.6 Å². The molecule has 2 aliphatic heterocycles. The summed E-state index contributed by atoms with van der Waals surface area (Å²) in [6.45, 7) is 5.03. The summed E-state index contributed by atoms with van der Waals surface area (Å²) in [5.74, 6) is 1.38.